The molecule has 0 unspecified atom stereocenters. The molecule has 0 saturated heterocycles. The van der Waals surface area contributed by atoms with Crippen molar-refractivity contribution in [1.82, 2.24) is 15.2 Å². The van der Waals surface area contributed by atoms with Crippen LogP contribution >= 0.6 is 0 Å². The van der Waals surface area contributed by atoms with Gasteiger partial charge in [0.15, 0.2) is 0 Å². The third-order valence-corrected chi connectivity index (χ3v) is 6.16. The Morgan fingerprint density at radius 2 is 2.00 bits per heavy atom. The number of nitrogens with one attached hydrogen (secondary N) is 2. The van der Waals surface area contributed by atoms with Crippen molar-refractivity contribution in [3.8, 4) is 6.07 Å². The van der Waals surface area contributed by atoms with Gasteiger partial charge in [0.05, 0.1) is 18.6 Å². The quantitative estimate of drug-likeness (QED) is 0.625. The summed E-state index contributed by atoms with van der Waals surface area (Å²) in [6.07, 6.45) is 3.99. The Morgan fingerprint density at radius 3 is 2.72 bits per heavy atom. The van der Waals surface area contributed by atoms with Gasteiger partial charge in [-0.25, -0.2) is 0 Å². The van der Waals surface area contributed by atoms with E-state index in [1.54, 1.807) is 7.11 Å². The van der Waals surface area contributed by atoms with Crippen LogP contribution in [0.4, 0.5) is 0 Å². The second kappa shape index (κ2) is 11.1. The van der Waals surface area contributed by atoms with Crippen LogP contribution in [0.3, 0.4) is 0 Å². The molecule has 1 aliphatic carbocycles. The lowest BCUT2D eigenvalue weighted by atomic mass is 9.83. The predicted octanol–water partition coefficient (Wildman–Crippen LogP) is 3.63. The minimum atomic E-state index is -0.502. The minimum absolute atomic E-state index is 0.137. The van der Waals surface area contributed by atoms with Gasteiger partial charge in [-0.05, 0) is 37.3 Å². The van der Waals surface area contributed by atoms with Gasteiger partial charge in [-0.1, -0.05) is 44.9 Å². The second-order valence-corrected chi connectivity index (χ2v) is 9.02. The largest absolute Gasteiger partial charge is 0.383 e. The predicted molar refractivity (Wildman–Crippen MR) is 124 cm³/mol. The molecule has 2 N–H and O–H groups in total. The fraction of sp³-hybridized carbons (Fsp3) is 0.560. The molecule has 0 radical (unpaired) electrons. The average Bonchev–Trinajstić information content (AvgIpc) is 3.15. The Balaban J connectivity index is 1.77. The van der Waals surface area contributed by atoms with Crippen LogP contribution in [0.5, 0.6) is 0 Å². The molecule has 32 heavy (non-hydrogen) atoms. The van der Waals surface area contributed by atoms with E-state index in [2.05, 4.69) is 16.7 Å². The minimum Gasteiger partial charge on any atom is -0.383 e. The molecule has 3 atom stereocenters. The van der Waals surface area contributed by atoms with Crippen LogP contribution in [-0.2, 0) is 16.1 Å². The number of ether oxygens (including phenoxy) is 1. The molecule has 2 aromatic rings. The molecule has 1 saturated carbocycles. The Bertz CT molecular complexity index is 975. The van der Waals surface area contributed by atoms with Crippen molar-refractivity contribution in [2.75, 3.05) is 13.7 Å². The molecule has 1 heterocycles. The number of amides is 2. The number of carbonyl (C=O) groups is 2. The van der Waals surface area contributed by atoms with Gasteiger partial charge in [0.2, 0.25) is 5.91 Å². The zero-order valence-corrected chi connectivity index (χ0v) is 19.3. The Labute approximate surface area is 190 Å². The normalized spacial score (nSPS) is 19.5. The standard InChI is InChI=1S/C25H34N4O3/c1-17(2)14-19(16-26)27-24(30)20-9-5-6-10-21(20)28-25(31)23-15-18-8-4-7-11-22(18)29(23)12-13-32-3/h4,7-8,11,15,17,19-21H,5-6,9-10,12-14H2,1-3H3,(H,27,30)(H,28,31)/t19-,20+,21-/m0/s1. The molecule has 1 aliphatic rings. The van der Waals surface area contributed by atoms with E-state index in [-0.39, 0.29) is 23.8 Å². The number of benzene rings is 1. The van der Waals surface area contributed by atoms with Crippen molar-refractivity contribution < 1.29 is 14.3 Å². The lowest BCUT2D eigenvalue weighted by molar-refractivity contribution is -0.127. The van der Waals surface area contributed by atoms with Gasteiger partial charge < -0.3 is 19.9 Å². The molecule has 0 bridgehead atoms. The maximum Gasteiger partial charge on any atom is 0.268 e. The maximum absolute atomic E-state index is 13.3. The molecule has 172 valence electrons. The van der Waals surface area contributed by atoms with Crippen LogP contribution in [0.2, 0.25) is 0 Å². The summed E-state index contributed by atoms with van der Waals surface area (Å²) < 4.78 is 7.21. The summed E-state index contributed by atoms with van der Waals surface area (Å²) in [5.74, 6) is -0.327. The van der Waals surface area contributed by atoms with Gasteiger partial charge in [-0.15, -0.1) is 0 Å². The fourth-order valence-electron chi connectivity index (χ4n) is 4.58. The highest BCUT2D eigenvalue weighted by Gasteiger charge is 2.33. The molecule has 7 heteroatoms. The molecule has 1 aromatic carbocycles. The number of hydrogen-bond acceptors (Lipinski definition) is 4. The number of aromatic nitrogens is 1. The third kappa shape index (κ3) is 5.68. The zero-order chi connectivity index (χ0) is 23.1. The molecule has 1 fully saturated rings. The Morgan fingerprint density at radius 1 is 1.25 bits per heavy atom. The summed E-state index contributed by atoms with van der Waals surface area (Å²) in [4.78, 5) is 26.3. The van der Waals surface area contributed by atoms with E-state index in [0.29, 0.717) is 37.6 Å². The van der Waals surface area contributed by atoms with Crippen molar-refractivity contribution in [2.24, 2.45) is 11.8 Å². The van der Waals surface area contributed by atoms with Crippen molar-refractivity contribution in [2.45, 2.75) is 64.6 Å². The molecule has 7 nitrogen and oxygen atoms in total. The lowest BCUT2D eigenvalue weighted by Gasteiger charge is -2.32. The first-order chi connectivity index (χ1) is 15.4. The van der Waals surface area contributed by atoms with Gasteiger partial charge in [-0.3, -0.25) is 9.59 Å². The maximum atomic E-state index is 13.3. The Kier molecular flexibility index (Phi) is 8.29. The fourth-order valence-corrected chi connectivity index (χ4v) is 4.58. The van der Waals surface area contributed by atoms with E-state index < -0.39 is 6.04 Å². The summed E-state index contributed by atoms with van der Waals surface area (Å²) in [7, 11) is 1.64. The molecule has 3 rings (SSSR count). The zero-order valence-electron chi connectivity index (χ0n) is 19.3. The van der Waals surface area contributed by atoms with E-state index in [9.17, 15) is 14.9 Å². The number of methoxy groups -OCH3 is 1. The average molecular weight is 439 g/mol. The van der Waals surface area contributed by atoms with E-state index >= 15 is 0 Å². The summed E-state index contributed by atoms with van der Waals surface area (Å²) in [6, 6.07) is 11.2. The van der Waals surface area contributed by atoms with Gasteiger partial charge in [0.25, 0.3) is 5.91 Å². The van der Waals surface area contributed by atoms with E-state index in [4.69, 9.17) is 4.74 Å². The number of para-hydroxylation sites is 1. The number of fused-ring (bicyclic) bond motifs is 1. The highest BCUT2D eigenvalue weighted by Crippen LogP contribution is 2.26. The lowest BCUT2D eigenvalue weighted by Crippen LogP contribution is -2.50. The van der Waals surface area contributed by atoms with Crippen LogP contribution in [0.15, 0.2) is 30.3 Å². The molecular formula is C25H34N4O3. The van der Waals surface area contributed by atoms with Gasteiger partial charge in [-0.2, -0.15) is 5.26 Å². The molecule has 1 aromatic heterocycles. The number of nitriles is 1. The SMILES string of the molecule is COCCn1c(C(=O)N[C@H]2CCCC[C@H]2C(=O)N[C@H](C#N)CC(C)C)cc2ccccc21. The van der Waals surface area contributed by atoms with E-state index in [1.807, 2.05) is 48.7 Å². The van der Waals surface area contributed by atoms with Crippen molar-refractivity contribution in [3.63, 3.8) is 0 Å². The number of hydrogen-bond donors (Lipinski definition) is 2. The first-order valence-corrected chi connectivity index (χ1v) is 11.5. The molecular weight excluding hydrogens is 404 g/mol. The van der Waals surface area contributed by atoms with Crippen molar-refractivity contribution >= 4 is 22.7 Å². The summed E-state index contributed by atoms with van der Waals surface area (Å²) in [5.41, 5.74) is 1.56. The summed E-state index contributed by atoms with van der Waals surface area (Å²) in [5, 5.41) is 16.4. The van der Waals surface area contributed by atoms with Gasteiger partial charge in [0.1, 0.15) is 11.7 Å². The highest BCUT2D eigenvalue weighted by molar-refractivity contribution is 5.99. The van der Waals surface area contributed by atoms with Gasteiger partial charge in [0, 0.05) is 30.6 Å². The summed E-state index contributed by atoms with van der Waals surface area (Å²) in [6.45, 7) is 5.13. The van der Waals surface area contributed by atoms with E-state index in [0.717, 1.165) is 30.2 Å². The number of nitrogens with zero attached hydrogens (tertiary/aromatic N) is 2. The molecule has 2 amide bonds. The molecule has 0 spiro atoms. The van der Waals surface area contributed by atoms with Crippen LogP contribution in [-0.4, -0.2) is 42.2 Å². The summed E-state index contributed by atoms with van der Waals surface area (Å²) >= 11 is 0. The number of rotatable bonds is 9. The van der Waals surface area contributed by atoms with Crippen LogP contribution < -0.4 is 10.6 Å². The van der Waals surface area contributed by atoms with Crippen LogP contribution in [0.25, 0.3) is 10.9 Å². The number of carbonyl (C=O) groups excluding carboxylic acids is 2. The molecule has 0 aliphatic heterocycles. The smallest absolute Gasteiger partial charge is 0.268 e. The first kappa shape index (κ1) is 23.8. The highest BCUT2D eigenvalue weighted by atomic mass is 16.5. The first-order valence-electron chi connectivity index (χ1n) is 11.5. The van der Waals surface area contributed by atoms with Crippen LogP contribution in [0, 0.1) is 23.2 Å². The topological polar surface area (TPSA) is 96.2 Å². The monoisotopic (exact) mass is 438 g/mol. The second-order valence-electron chi connectivity index (χ2n) is 9.02. The third-order valence-electron chi connectivity index (χ3n) is 6.16. The Hall–Kier alpha value is -2.85. The van der Waals surface area contributed by atoms with E-state index in [1.165, 1.54) is 0 Å². The van der Waals surface area contributed by atoms with Gasteiger partial charge >= 0.3 is 0 Å². The van der Waals surface area contributed by atoms with Crippen LogP contribution in [0.1, 0.15) is 56.4 Å². The van der Waals surface area contributed by atoms with Crippen molar-refractivity contribution in [1.29, 1.82) is 5.26 Å². The van der Waals surface area contributed by atoms with Crippen molar-refractivity contribution in [3.05, 3.63) is 36.0 Å².